The molecule has 1 aliphatic rings. The highest BCUT2D eigenvalue weighted by molar-refractivity contribution is 5.79. The molecule has 1 amide bonds. The van der Waals surface area contributed by atoms with Crippen LogP contribution in [0.2, 0.25) is 0 Å². The maximum Gasteiger partial charge on any atom is 0.227 e. The molecule has 0 aromatic heterocycles. The van der Waals surface area contributed by atoms with Gasteiger partial charge in [-0.2, -0.15) is 0 Å². The van der Waals surface area contributed by atoms with Crippen molar-refractivity contribution in [2.45, 2.75) is 18.9 Å². The first kappa shape index (κ1) is 11.1. The van der Waals surface area contributed by atoms with E-state index in [-0.39, 0.29) is 18.1 Å². The van der Waals surface area contributed by atoms with E-state index in [1.54, 1.807) is 17.0 Å². The number of carbonyl (C=O) groups excluding carboxylic acids is 1. The third kappa shape index (κ3) is 2.58. The highest BCUT2D eigenvalue weighted by atomic mass is 19.1. The van der Waals surface area contributed by atoms with Crippen molar-refractivity contribution in [1.82, 2.24) is 4.90 Å². The third-order valence-corrected chi connectivity index (χ3v) is 2.76. The Morgan fingerprint density at radius 1 is 1.56 bits per heavy atom. The lowest BCUT2D eigenvalue weighted by atomic mass is 10.1. The van der Waals surface area contributed by atoms with Crippen molar-refractivity contribution in [2.75, 3.05) is 13.1 Å². The summed E-state index contributed by atoms with van der Waals surface area (Å²) in [6, 6.07) is 6.04. The number of likely N-dealkylation sites (tertiary alicyclic amines) is 1. The highest BCUT2D eigenvalue weighted by Gasteiger charge is 2.24. The van der Waals surface area contributed by atoms with E-state index < -0.39 is 6.10 Å². The van der Waals surface area contributed by atoms with E-state index in [1.165, 1.54) is 12.1 Å². The molecule has 1 aliphatic heterocycles. The summed E-state index contributed by atoms with van der Waals surface area (Å²) in [5.41, 5.74) is 0.673. The van der Waals surface area contributed by atoms with Gasteiger partial charge in [-0.05, 0) is 24.1 Å². The van der Waals surface area contributed by atoms with Gasteiger partial charge in [0, 0.05) is 13.1 Å². The zero-order valence-corrected chi connectivity index (χ0v) is 8.90. The topological polar surface area (TPSA) is 40.5 Å². The number of carbonyl (C=O) groups is 1. The number of amides is 1. The standard InChI is InChI=1S/C12H14FNO2/c13-10-3-1-2-9(6-10)7-12(16)14-5-4-11(15)8-14/h1-3,6,11,15H,4-5,7-8H2/t11-/m1/s1. The molecule has 2 rings (SSSR count). The van der Waals surface area contributed by atoms with Gasteiger partial charge in [0.05, 0.1) is 12.5 Å². The number of β-amino-alcohol motifs (C(OH)–C–C–N with tert-alkyl or cyclic N) is 1. The highest BCUT2D eigenvalue weighted by Crippen LogP contribution is 2.12. The van der Waals surface area contributed by atoms with Crippen molar-refractivity contribution in [2.24, 2.45) is 0 Å². The van der Waals surface area contributed by atoms with Gasteiger partial charge in [0.1, 0.15) is 5.82 Å². The van der Waals surface area contributed by atoms with Gasteiger partial charge in [0.2, 0.25) is 5.91 Å². The summed E-state index contributed by atoms with van der Waals surface area (Å²) in [4.78, 5) is 13.4. The number of rotatable bonds is 2. The van der Waals surface area contributed by atoms with Crippen molar-refractivity contribution < 1.29 is 14.3 Å². The fourth-order valence-electron chi connectivity index (χ4n) is 1.90. The summed E-state index contributed by atoms with van der Waals surface area (Å²) in [6.07, 6.45) is 0.427. The fraction of sp³-hybridized carbons (Fsp3) is 0.417. The Morgan fingerprint density at radius 2 is 2.38 bits per heavy atom. The normalized spacial score (nSPS) is 20.1. The van der Waals surface area contributed by atoms with E-state index in [1.807, 2.05) is 0 Å². The monoisotopic (exact) mass is 223 g/mol. The van der Waals surface area contributed by atoms with Crippen molar-refractivity contribution >= 4 is 5.91 Å². The second kappa shape index (κ2) is 4.61. The van der Waals surface area contributed by atoms with Crippen LogP contribution in [-0.2, 0) is 11.2 Å². The van der Waals surface area contributed by atoms with E-state index in [9.17, 15) is 14.3 Å². The molecule has 0 saturated carbocycles. The van der Waals surface area contributed by atoms with Crippen LogP contribution in [0.15, 0.2) is 24.3 Å². The number of aliphatic hydroxyl groups is 1. The number of nitrogens with zero attached hydrogens (tertiary/aromatic N) is 1. The minimum atomic E-state index is -0.406. The lowest BCUT2D eigenvalue weighted by Gasteiger charge is -2.15. The lowest BCUT2D eigenvalue weighted by Crippen LogP contribution is -2.30. The Morgan fingerprint density at radius 3 is 3.00 bits per heavy atom. The molecule has 1 atom stereocenters. The van der Waals surface area contributed by atoms with Crippen LogP contribution in [0.5, 0.6) is 0 Å². The molecule has 0 aliphatic carbocycles. The number of halogens is 1. The van der Waals surface area contributed by atoms with E-state index in [2.05, 4.69) is 0 Å². The molecule has 1 fully saturated rings. The molecular weight excluding hydrogens is 209 g/mol. The summed E-state index contributed by atoms with van der Waals surface area (Å²) in [5, 5.41) is 9.30. The van der Waals surface area contributed by atoms with Crippen molar-refractivity contribution in [3.8, 4) is 0 Å². The molecule has 1 aromatic rings. The molecular formula is C12H14FNO2. The van der Waals surface area contributed by atoms with Crippen LogP contribution in [0.1, 0.15) is 12.0 Å². The largest absolute Gasteiger partial charge is 0.391 e. The molecule has 4 heteroatoms. The summed E-state index contributed by atoms with van der Waals surface area (Å²) < 4.78 is 12.9. The second-order valence-electron chi connectivity index (χ2n) is 4.09. The van der Waals surface area contributed by atoms with Gasteiger partial charge in [-0.15, -0.1) is 0 Å². The summed E-state index contributed by atoms with van der Waals surface area (Å²) in [5.74, 6) is -0.381. The van der Waals surface area contributed by atoms with E-state index >= 15 is 0 Å². The molecule has 86 valence electrons. The van der Waals surface area contributed by atoms with Crippen molar-refractivity contribution in [3.63, 3.8) is 0 Å². The maximum absolute atomic E-state index is 12.9. The maximum atomic E-state index is 12.9. The Balaban J connectivity index is 1.97. The van der Waals surface area contributed by atoms with Crippen molar-refractivity contribution in [1.29, 1.82) is 0 Å². The Bertz CT molecular complexity index is 394. The molecule has 0 spiro atoms. The third-order valence-electron chi connectivity index (χ3n) is 2.76. The smallest absolute Gasteiger partial charge is 0.227 e. The van der Waals surface area contributed by atoms with Gasteiger partial charge in [-0.3, -0.25) is 4.79 Å². The van der Waals surface area contributed by atoms with Crippen LogP contribution in [0.25, 0.3) is 0 Å². The number of benzene rings is 1. The Hall–Kier alpha value is -1.42. The van der Waals surface area contributed by atoms with Crippen molar-refractivity contribution in [3.05, 3.63) is 35.6 Å². The first-order chi connectivity index (χ1) is 7.65. The molecule has 1 N–H and O–H groups in total. The van der Waals surface area contributed by atoms with E-state index in [4.69, 9.17) is 0 Å². The van der Waals surface area contributed by atoms with Gasteiger partial charge in [-0.1, -0.05) is 12.1 Å². The number of hydrogen-bond donors (Lipinski definition) is 1. The molecule has 16 heavy (non-hydrogen) atoms. The Kier molecular flexibility index (Phi) is 3.19. The fourth-order valence-corrected chi connectivity index (χ4v) is 1.90. The Labute approximate surface area is 93.5 Å². The predicted molar refractivity (Wildman–Crippen MR) is 57.3 cm³/mol. The minimum Gasteiger partial charge on any atom is -0.391 e. The predicted octanol–water partition coefficient (Wildman–Crippen LogP) is 0.961. The SMILES string of the molecule is O=C(Cc1cccc(F)c1)N1CC[C@@H](O)C1. The van der Waals surface area contributed by atoms with Crippen LogP contribution in [-0.4, -0.2) is 35.1 Å². The summed E-state index contributed by atoms with van der Waals surface area (Å²) >= 11 is 0. The van der Waals surface area contributed by atoms with Crippen LogP contribution in [0.3, 0.4) is 0 Å². The zero-order valence-electron chi connectivity index (χ0n) is 8.90. The number of aliphatic hydroxyl groups excluding tert-OH is 1. The minimum absolute atomic E-state index is 0.0536. The second-order valence-corrected chi connectivity index (χ2v) is 4.09. The summed E-state index contributed by atoms with van der Waals surface area (Å²) in [6.45, 7) is 0.990. The van der Waals surface area contributed by atoms with Crippen LogP contribution < -0.4 is 0 Å². The molecule has 3 nitrogen and oxygen atoms in total. The summed E-state index contributed by atoms with van der Waals surface area (Å²) in [7, 11) is 0. The molecule has 1 saturated heterocycles. The zero-order chi connectivity index (χ0) is 11.5. The first-order valence-electron chi connectivity index (χ1n) is 5.35. The van der Waals surface area contributed by atoms with Crippen LogP contribution in [0, 0.1) is 5.82 Å². The average Bonchev–Trinajstić information content (AvgIpc) is 2.65. The molecule has 1 heterocycles. The van der Waals surface area contributed by atoms with Gasteiger partial charge in [-0.25, -0.2) is 4.39 Å². The lowest BCUT2D eigenvalue weighted by molar-refractivity contribution is -0.129. The van der Waals surface area contributed by atoms with E-state index in [0.717, 1.165) is 0 Å². The van der Waals surface area contributed by atoms with Crippen LogP contribution in [0.4, 0.5) is 4.39 Å². The molecule has 0 unspecified atom stereocenters. The number of hydrogen-bond acceptors (Lipinski definition) is 2. The van der Waals surface area contributed by atoms with Gasteiger partial charge < -0.3 is 10.0 Å². The molecule has 1 aromatic carbocycles. The van der Waals surface area contributed by atoms with Gasteiger partial charge in [0.25, 0.3) is 0 Å². The quantitative estimate of drug-likeness (QED) is 0.811. The average molecular weight is 223 g/mol. The van der Waals surface area contributed by atoms with Crippen LogP contribution >= 0.6 is 0 Å². The molecule has 0 bridgehead atoms. The van der Waals surface area contributed by atoms with Gasteiger partial charge in [0.15, 0.2) is 0 Å². The van der Waals surface area contributed by atoms with E-state index in [0.29, 0.717) is 25.1 Å². The van der Waals surface area contributed by atoms with Gasteiger partial charge >= 0.3 is 0 Å². The molecule has 0 radical (unpaired) electrons. The first-order valence-corrected chi connectivity index (χ1v) is 5.35.